The van der Waals surface area contributed by atoms with Crippen LogP contribution in [-0.4, -0.2) is 33.8 Å². The van der Waals surface area contributed by atoms with Crippen molar-refractivity contribution < 1.29 is 4.79 Å². The van der Waals surface area contributed by atoms with Gasteiger partial charge < -0.3 is 15.2 Å². The van der Waals surface area contributed by atoms with Gasteiger partial charge in [-0.3, -0.25) is 4.79 Å². The molecule has 0 saturated carbocycles. The summed E-state index contributed by atoms with van der Waals surface area (Å²) in [4.78, 5) is 24.8. The van der Waals surface area contributed by atoms with E-state index in [1.165, 1.54) is 6.33 Å². The normalized spacial score (nSPS) is 14.9. The largest absolute Gasteiger partial charge is 0.364 e. The number of anilines is 2. The number of Topliss-reactive ketones (excluding diaryl/α,β-unsaturated/α-hetero) is 1. The van der Waals surface area contributed by atoms with Gasteiger partial charge in [0, 0.05) is 30.9 Å². The highest BCUT2D eigenvalue weighted by molar-refractivity contribution is 5.86. The van der Waals surface area contributed by atoms with Crippen LogP contribution < -0.4 is 10.2 Å². The van der Waals surface area contributed by atoms with E-state index >= 15 is 0 Å². The van der Waals surface area contributed by atoms with E-state index in [9.17, 15) is 4.79 Å². The number of aromatic nitrogens is 3. The quantitative estimate of drug-likeness (QED) is 0.860. The Balaban J connectivity index is 1.67. The smallest absolute Gasteiger partial charge is 0.153 e. The maximum Gasteiger partial charge on any atom is 0.153 e. The SMILES string of the molecule is O=C1CCN(c2cc(NCc3ccc[nH]3)ncn2)C1. The van der Waals surface area contributed by atoms with Crippen LogP contribution in [0.15, 0.2) is 30.7 Å². The lowest BCUT2D eigenvalue weighted by molar-refractivity contribution is -0.116. The summed E-state index contributed by atoms with van der Waals surface area (Å²) in [5.74, 6) is 1.83. The van der Waals surface area contributed by atoms with E-state index < -0.39 is 0 Å². The summed E-state index contributed by atoms with van der Waals surface area (Å²) >= 11 is 0. The van der Waals surface area contributed by atoms with Crippen molar-refractivity contribution in [1.29, 1.82) is 0 Å². The molecule has 1 aliphatic rings. The van der Waals surface area contributed by atoms with Crippen LogP contribution in [0, 0.1) is 0 Å². The van der Waals surface area contributed by atoms with Gasteiger partial charge in [-0.2, -0.15) is 0 Å². The van der Waals surface area contributed by atoms with Crippen LogP contribution in [0.4, 0.5) is 11.6 Å². The van der Waals surface area contributed by atoms with Crippen molar-refractivity contribution in [3.8, 4) is 0 Å². The van der Waals surface area contributed by atoms with Gasteiger partial charge in [-0.25, -0.2) is 9.97 Å². The highest BCUT2D eigenvalue weighted by Gasteiger charge is 2.20. The van der Waals surface area contributed by atoms with Gasteiger partial charge in [0.15, 0.2) is 5.78 Å². The molecule has 0 spiro atoms. The number of ketones is 1. The number of nitrogens with zero attached hydrogens (tertiary/aromatic N) is 3. The molecule has 2 aromatic rings. The first-order valence-electron chi connectivity index (χ1n) is 6.26. The Kier molecular flexibility index (Phi) is 3.14. The third-order valence-electron chi connectivity index (χ3n) is 3.13. The standard InChI is InChI=1S/C13H15N5O/c19-11-3-5-18(8-11)13-6-12(16-9-17-13)15-7-10-2-1-4-14-10/h1-2,4,6,9,14H,3,5,7-8H2,(H,15,16,17). The summed E-state index contributed by atoms with van der Waals surface area (Å²) < 4.78 is 0. The summed E-state index contributed by atoms with van der Waals surface area (Å²) in [5.41, 5.74) is 1.09. The summed E-state index contributed by atoms with van der Waals surface area (Å²) in [6.45, 7) is 1.88. The Hall–Kier alpha value is -2.37. The molecule has 6 heteroatoms. The van der Waals surface area contributed by atoms with Crippen LogP contribution in [0.5, 0.6) is 0 Å². The first kappa shape index (κ1) is 11.7. The van der Waals surface area contributed by atoms with Crippen LogP contribution in [-0.2, 0) is 11.3 Å². The molecular formula is C13H15N5O. The third-order valence-corrected chi connectivity index (χ3v) is 3.13. The monoisotopic (exact) mass is 257 g/mol. The number of rotatable bonds is 4. The third kappa shape index (κ3) is 2.73. The number of carbonyl (C=O) groups excluding carboxylic acids is 1. The summed E-state index contributed by atoms with van der Waals surface area (Å²) in [5, 5.41) is 3.23. The maximum absolute atomic E-state index is 11.3. The zero-order valence-electron chi connectivity index (χ0n) is 10.5. The van der Waals surface area contributed by atoms with Crippen LogP contribution in [0.3, 0.4) is 0 Å². The average Bonchev–Trinajstić information content (AvgIpc) is 3.08. The Morgan fingerprint density at radius 2 is 2.37 bits per heavy atom. The lowest BCUT2D eigenvalue weighted by Crippen LogP contribution is -2.21. The van der Waals surface area contributed by atoms with E-state index in [4.69, 9.17) is 0 Å². The number of hydrogen-bond acceptors (Lipinski definition) is 5. The van der Waals surface area contributed by atoms with Crippen LogP contribution in [0.25, 0.3) is 0 Å². The van der Waals surface area contributed by atoms with Gasteiger partial charge in [-0.05, 0) is 12.1 Å². The Morgan fingerprint density at radius 1 is 1.42 bits per heavy atom. The number of nitrogens with one attached hydrogen (secondary N) is 2. The first-order valence-corrected chi connectivity index (χ1v) is 6.26. The fourth-order valence-corrected chi connectivity index (χ4v) is 2.11. The summed E-state index contributed by atoms with van der Waals surface area (Å²) in [6.07, 6.45) is 4.02. The van der Waals surface area contributed by atoms with E-state index in [1.54, 1.807) is 0 Å². The minimum Gasteiger partial charge on any atom is -0.364 e. The zero-order valence-corrected chi connectivity index (χ0v) is 10.5. The second kappa shape index (κ2) is 5.09. The van der Waals surface area contributed by atoms with Crippen LogP contribution in [0.2, 0.25) is 0 Å². The number of hydrogen-bond donors (Lipinski definition) is 2. The van der Waals surface area contributed by atoms with Crippen molar-refractivity contribution >= 4 is 17.4 Å². The number of carbonyl (C=O) groups is 1. The molecule has 6 nitrogen and oxygen atoms in total. The Morgan fingerprint density at radius 3 is 3.11 bits per heavy atom. The minimum atomic E-state index is 0.263. The molecule has 2 aromatic heterocycles. The molecule has 3 heterocycles. The molecule has 98 valence electrons. The van der Waals surface area contributed by atoms with Crippen LogP contribution >= 0.6 is 0 Å². The van der Waals surface area contributed by atoms with Crippen molar-refractivity contribution in [2.45, 2.75) is 13.0 Å². The summed E-state index contributed by atoms with van der Waals surface area (Å²) in [7, 11) is 0. The van der Waals surface area contributed by atoms with Crippen molar-refractivity contribution in [3.05, 3.63) is 36.4 Å². The predicted octanol–water partition coefficient (Wildman–Crippen LogP) is 1.20. The second-order valence-corrected chi connectivity index (χ2v) is 4.52. The predicted molar refractivity (Wildman–Crippen MR) is 72.0 cm³/mol. The minimum absolute atomic E-state index is 0.263. The highest BCUT2D eigenvalue weighted by Crippen LogP contribution is 2.18. The van der Waals surface area contributed by atoms with Crippen molar-refractivity contribution in [3.63, 3.8) is 0 Å². The number of aromatic amines is 1. The molecule has 0 bridgehead atoms. The molecule has 3 rings (SSSR count). The van der Waals surface area contributed by atoms with E-state index in [-0.39, 0.29) is 5.78 Å². The van der Waals surface area contributed by atoms with Gasteiger partial charge >= 0.3 is 0 Å². The van der Waals surface area contributed by atoms with Gasteiger partial charge in [0.25, 0.3) is 0 Å². The van der Waals surface area contributed by atoms with E-state index in [0.717, 1.165) is 23.9 Å². The molecular weight excluding hydrogens is 242 g/mol. The molecule has 19 heavy (non-hydrogen) atoms. The fraction of sp³-hybridized carbons (Fsp3) is 0.308. The lowest BCUT2D eigenvalue weighted by atomic mass is 10.4. The van der Waals surface area contributed by atoms with Crippen molar-refractivity contribution in [1.82, 2.24) is 15.0 Å². The van der Waals surface area contributed by atoms with Gasteiger partial charge in [0.05, 0.1) is 13.1 Å². The molecule has 1 fully saturated rings. The highest BCUT2D eigenvalue weighted by atomic mass is 16.1. The zero-order chi connectivity index (χ0) is 13.1. The first-order chi connectivity index (χ1) is 9.31. The van der Waals surface area contributed by atoms with Gasteiger partial charge in [0.2, 0.25) is 0 Å². The van der Waals surface area contributed by atoms with E-state index in [2.05, 4.69) is 20.3 Å². The number of H-pyrrole nitrogens is 1. The fourth-order valence-electron chi connectivity index (χ4n) is 2.11. The lowest BCUT2D eigenvalue weighted by Gasteiger charge is -2.15. The van der Waals surface area contributed by atoms with Gasteiger partial charge in [-0.1, -0.05) is 0 Å². The molecule has 1 saturated heterocycles. The molecule has 0 aromatic carbocycles. The molecule has 0 atom stereocenters. The van der Waals surface area contributed by atoms with Gasteiger partial charge in [-0.15, -0.1) is 0 Å². The Labute approximate surface area is 110 Å². The molecule has 0 aliphatic carbocycles. The van der Waals surface area contributed by atoms with Gasteiger partial charge in [0.1, 0.15) is 18.0 Å². The maximum atomic E-state index is 11.3. The summed E-state index contributed by atoms with van der Waals surface area (Å²) in [6, 6.07) is 5.84. The molecule has 0 radical (unpaired) electrons. The molecule has 2 N–H and O–H groups in total. The van der Waals surface area contributed by atoms with Crippen molar-refractivity contribution in [2.24, 2.45) is 0 Å². The van der Waals surface area contributed by atoms with E-state index in [0.29, 0.717) is 19.5 Å². The van der Waals surface area contributed by atoms with Crippen molar-refractivity contribution in [2.75, 3.05) is 23.3 Å². The molecule has 0 unspecified atom stereocenters. The topological polar surface area (TPSA) is 73.9 Å². The Bertz CT molecular complexity index is 566. The van der Waals surface area contributed by atoms with Crippen LogP contribution in [0.1, 0.15) is 12.1 Å². The molecule has 0 amide bonds. The van der Waals surface area contributed by atoms with E-state index in [1.807, 2.05) is 29.3 Å². The molecule has 1 aliphatic heterocycles. The average molecular weight is 257 g/mol. The second-order valence-electron chi connectivity index (χ2n) is 4.52.